The number of aliphatic hydroxyl groups excluding tert-OH is 1. The molecule has 0 aromatic carbocycles. The van der Waals surface area contributed by atoms with Gasteiger partial charge in [-0.15, -0.1) is 9.79 Å². The van der Waals surface area contributed by atoms with E-state index in [-0.39, 0.29) is 5.48 Å². The van der Waals surface area contributed by atoms with E-state index < -0.39 is 8.25 Å². The Morgan fingerprint density at radius 1 is 1.40 bits per heavy atom. The summed E-state index contributed by atoms with van der Waals surface area (Å²) in [5.74, 6) is 0. The van der Waals surface area contributed by atoms with Crippen LogP contribution in [0.4, 0.5) is 0 Å². The maximum Gasteiger partial charge on any atom is 0.692 e. The van der Waals surface area contributed by atoms with Crippen LogP contribution in [0.3, 0.4) is 0 Å². The largest absolute Gasteiger partial charge is 0.692 e. The lowest BCUT2D eigenvalue weighted by molar-refractivity contribution is 0.399. The highest BCUT2D eigenvalue weighted by molar-refractivity contribution is 7.30. The van der Waals surface area contributed by atoms with Gasteiger partial charge < -0.3 is 10.6 Å². The van der Waals surface area contributed by atoms with Crippen LogP contribution in [0.1, 0.15) is 6.92 Å². The van der Waals surface area contributed by atoms with Crippen molar-refractivity contribution in [1.29, 1.82) is 5.26 Å². The molecular weight excluding hydrogens is 161 g/mol. The van der Waals surface area contributed by atoms with Gasteiger partial charge in [0.1, 0.15) is 0 Å². The van der Waals surface area contributed by atoms with Crippen LogP contribution in [0.5, 0.6) is 0 Å². The summed E-state index contributed by atoms with van der Waals surface area (Å²) >= 11 is 0. The highest BCUT2D eigenvalue weighted by Gasteiger charge is 1.93. The second kappa shape index (κ2) is 39.6. The Bertz CT molecular complexity index is 85.4. The number of hydrogen-bond donors (Lipinski definition) is 3. The van der Waals surface area contributed by atoms with E-state index in [0.29, 0.717) is 0 Å². The Morgan fingerprint density at radius 2 is 1.40 bits per heavy atom. The van der Waals surface area contributed by atoms with Crippen LogP contribution >= 0.6 is 8.25 Å². The lowest BCUT2D eigenvalue weighted by Crippen LogP contribution is -1.38. The summed E-state index contributed by atoms with van der Waals surface area (Å²) in [6.07, 6.45) is 0. The Kier molecular flexibility index (Phi) is 89.9. The standard InChI is InChI=1S/C2H3N.CH4O.HO3P.H2O/c1-2-3;1-2;1-4(2)3;/h1H3;2H,1H3;(H-,1,2,3);1H2/p+1. The van der Waals surface area contributed by atoms with Crippen molar-refractivity contribution < 1.29 is 24.9 Å². The van der Waals surface area contributed by atoms with E-state index in [1.807, 2.05) is 0 Å². The molecule has 0 aromatic rings. The Labute approximate surface area is 59.6 Å². The molecule has 0 bridgehead atoms. The van der Waals surface area contributed by atoms with Crippen LogP contribution in [0.2, 0.25) is 0 Å². The molecule has 0 fully saturated rings. The Balaban J connectivity index is -0.0000000273. The zero-order valence-electron chi connectivity index (χ0n) is 5.64. The zero-order chi connectivity index (χ0) is 8.28. The van der Waals surface area contributed by atoms with Crippen LogP contribution in [-0.2, 0) is 4.57 Å². The zero-order valence-corrected chi connectivity index (χ0v) is 6.54. The maximum atomic E-state index is 8.70. The fourth-order valence-electron chi connectivity index (χ4n) is 0. The van der Waals surface area contributed by atoms with Crippen LogP contribution < -0.4 is 0 Å². The molecule has 10 heavy (non-hydrogen) atoms. The van der Waals surface area contributed by atoms with Gasteiger partial charge in [0.25, 0.3) is 0 Å². The van der Waals surface area contributed by atoms with Crippen molar-refractivity contribution >= 4 is 8.25 Å². The van der Waals surface area contributed by atoms with Gasteiger partial charge >= 0.3 is 8.25 Å². The molecule has 0 aliphatic rings. The number of rotatable bonds is 0. The molecule has 7 heteroatoms. The van der Waals surface area contributed by atoms with E-state index >= 15 is 0 Å². The van der Waals surface area contributed by atoms with Gasteiger partial charge in [-0.2, -0.15) is 5.26 Å². The average molecular weight is 172 g/mol. The summed E-state index contributed by atoms with van der Waals surface area (Å²) in [6, 6.07) is 1.75. The first-order valence-electron chi connectivity index (χ1n) is 1.75. The first-order chi connectivity index (χ1) is 4.15. The lowest BCUT2D eigenvalue weighted by atomic mass is 11.0. The van der Waals surface area contributed by atoms with E-state index in [1.54, 1.807) is 6.07 Å². The number of aliphatic hydroxyl groups is 1. The first-order valence-corrected chi connectivity index (χ1v) is 2.92. The number of nitrogens with zero attached hydrogens (tertiary/aromatic N) is 1. The van der Waals surface area contributed by atoms with Crippen molar-refractivity contribution in [3.05, 3.63) is 0 Å². The number of hydrogen-bond acceptors (Lipinski definition) is 3. The molecule has 0 amide bonds. The van der Waals surface area contributed by atoms with E-state index in [1.165, 1.54) is 6.92 Å². The molecule has 0 radical (unpaired) electrons. The average Bonchev–Trinajstić information content (AvgIpc) is 1.71. The molecule has 0 aliphatic carbocycles. The molecule has 0 spiro atoms. The van der Waals surface area contributed by atoms with Gasteiger partial charge in [-0.05, 0) is 0 Å². The second-order valence-corrected chi connectivity index (χ2v) is 0.982. The van der Waals surface area contributed by atoms with Crippen molar-refractivity contribution in [2.75, 3.05) is 7.11 Å². The normalized spacial score (nSPS) is 4.00. The summed E-state index contributed by atoms with van der Waals surface area (Å²) < 4.78 is 8.70. The van der Waals surface area contributed by atoms with Crippen molar-refractivity contribution in [3.8, 4) is 6.07 Å². The molecule has 0 aromatic heterocycles. The van der Waals surface area contributed by atoms with Crippen LogP contribution in [0.15, 0.2) is 0 Å². The molecule has 0 atom stereocenters. The Hall–Kier alpha value is -0.570. The molecule has 0 aliphatic heterocycles. The summed E-state index contributed by atoms with van der Waals surface area (Å²) in [5, 5.41) is 14.3. The molecule has 5 N–H and O–H groups in total. The molecule has 6 nitrogen and oxygen atoms in total. The third kappa shape index (κ3) is 945. The SMILES string of the molecule is CC#N.CO.O.O=[P+](O)O. The maximum absolute atomic E-state index is 8.70. The van der Waals surface area contributed by atoms with Gasteiger partial charge in [0.2, 0.25) is 0 Å². The first kappa shape index (κ1) is 22.7. The van der Waals surface area contributed by atoms with Gasteiger partial charge in [-0.3, -0.25) is 0 Å². The molecule has 0 unspecified atom stereocenters. The van der Waals surface area contributed by atoms with E-state index in [2.05, 4.69) is 0 Å². The van der Waals surface area contributed by atoms with Gasteiger partial charge in [-0.1, -0.05) is 0 Å². The fourth-order valence-corrected chi connectivity index (χ4v) is 0. The summed E-state index contributed by atoms with van der Waals surface area (Å²) in [4.78, 5) is 14.2. The van der Waals surface area contributed by atoms with Crippen molar-refractivity contribution in [2.45, 2.75) is 6.92 Å². The van der Waals surface area contributed by atoms with Crippen LogP contribution in [0.25, 0.3) is 0 Å². The predicted octanol–water partition coefficient (Wildman–Crippen LogP) is -1.06. The highest BCUT2D eigenvalue weighted by atomic mass is 31.1. The third-order valence-corrected chi connectivity index (χ3v) is 0. The van der Waals surface area contributed by atoms with Gasteiger partial charge in [0.05, 0.1) is 6.07 Å². The van der Waals surface area contributed by atoms with Gasteiger partial charge in [0, 0.05) is 18.6 Å². The molecule has 0 rings (SSSR count). The molecule has 0 heterocycles. The van der Waals surface area contributed by atoms with E-state index in [4.69, 9.17) is 24.7 Å². The van der Waals surface area contributed by atoms with Crippen LogP contribution in [0, 0.1) is 11.3 Å². The predicted molar refractivity (Wildman–Crippen MR) is 35.1 cm³/mol. The van der Waals surface area contributed by atoms with Crippen molar-refractivity contribution in [3.63, 3.8) is 0 Å². The Morgan fingerprint density at radius 3 is 1.40 bits per heavy atom. The summed E-state index contributed by atoms with van der Waals surface area (Å²) in [5.41, 5.74) is 0. The highest BCUT2D eigenvalue weighted by Crippen LogP contribution is 1.98. The van der Waals surface area contributed by atoms with E-state index in [0.717, 1.165) is 7.11 Å². The summed E-state index contributed by atoms with van der Waals surface area (Å²) in [6.45, 7) is 1.43. The van der Waals surface area contributed by atoms with Crippen molar-refractivity contribution in [1.82, 2.24) is 0 Å². The van der Waals surface area contributed by atoms with Crippen LogP contribution in [-0.4, -0.2) is 27.5 Å². The quantitative estimate of drug-likeness (QED) is 0.400. The third-order valence-electron chi connectivity index (χ3n) is 0. The fraction of sp³-hybridized carbons (Fsp3) is 0.667. The molecule has 0 saturated carbocycles. The minimum Gasteiger partial charge on any atom is -0.412 e. The molecular formula is C3H11NO5P+. The molecule has 0 saturated heterocycles. The minimum absolute atomic E-state index is 0. The van der Waals surface area contributed by atoms with Gasteiger partial charge in [0.15, 0.2) is 0 Å². The topological polar surface area (TPSA) is 133 Å². The monoisotopic (exact) mass is 172 g/mol. The second-order valence-electron chi connectivity index (χ2n) is 0.476. The smallest absolute Gasteiger partial charge is 0.412 e. The van der Waals surface area contributed by atoms with E-state index in [9.17, 15) is 0 Å². The van der Waals surface area contributed by atoms with Gasteiger partial charge in [-0.25, -0.2) is 0 Å². The number of nitriles is 1. The molecule has 62 valence electrons. The minimum atomic E-state index is -2.87. The van der Waals surface area contributed by atoms with Crippen molar-refractivity contribution in [2.24, 2.45) is 0 Å². The lowest BCUT2D eigenvalue weighted by Gasteiger charge is -1.34. The summed E-state index contributed by atoms with van der Waals surface area (Å²) in [7, 11) is -1.87.